The van der Waals surface area contributed by atoms with E-state index in [1.165, 1.54) is 43.9 Å². The summed E-state index contributed by atoms with van der Waals surface area (Å²) in [5, 5.41) is 18.2. The Morgan fingerprint density at radius 3 is 2.62 bits per heavy atom. The number of aromatic nitrogens is 3. The number of thioether (sulfide) groups is 1. The molecular weight excluding hydrogens is 286 g/mol. The number of hydrogen-bond acceptors (Lipinski definition) is 4. The minimum Gasteiger partial charge on any atom is -0.481 e. The van der Waals surface area contributed by atoms with Crippen molar-refractivity contribution >= 4 is 17.7 Å². The minimum absolute atomic E-state index is 0.0446. The van der Waals surface area contributed by atoms with E-state index in [-0.39, 0.29) is 5.75 Å². The number of aryl methyl sites for hydroxylation is 1. The molecule has 1 aromatic rings. The van der Waals surface area contributed by atoms with Crippen LogP contribution in [-0.4, -0.2) is 31.6 Å². The van der Waals surface area contributed by atoms with E-state index in [4.69, 9.17) is 5.11 Å². The van der Waals surface area contributed by atoms with Crippen molar-refractivity contribution in [3.05, 3.63) is 5.82 Å². The predicted molar refractivity (Wildman–Crippen MR) is 83.7 cm³/mol. The Labute approximate surface area is 130 Å². The fraction of sp³-hybridized carbons (Fsp3) is 0.800. The normalized spacial score (nSPS) is 17.8. The summed E-state index contributed by atoms with van der Waals surface area (Å²) in [6.07, 6.45) is 8.38. The van der Waals surface area contributed by atoms with Gasteiger partial charge in [0, 0.05) is 12.5 Å². The molecule has 1 aromatic heterocycles. The molecule has 1 unspecified atom stereocenters. The van der Waals surface area contributed by atoms with Crippen LogP contribution in [0.3, 0.4) is 0 Å². The van der Waals surface area contributed by atoms with Crippen molar-refractivity contribution in [3.8, 4) is 0 Å². The number of carboxylic acids is 1. The van der Waals surface area contributed by atoms with Crippen LogP contribution in [-0.2, 0) is 11.2 Å². The molecule has 5 nitrogen and oxygen atoms in total. The van der Waals surface area contributed by atoms with Crippen LogP contribution in [0.4, 0.5) is 0 Å². The Hall–Kier alpha value is -1.04. The van der Waals surface area contributed by atoms with Crippen molar-refractivity contribution in [2.45, 2.75) is 70.0 Å². The van der Waals surface area contributed by atoms with Crippen LogP contribution in [0, 0.1) is 5.92 Å². The number of rotatable bonds is 7. The minimum atomic E-state index is -0.807. The summed E-state index contributed by atoms with van der Waals surface area (Å²) in [6, 6.07) is 0.409. The Morgan fingerprint density at radius 1 is 1.33 bits per heavy atom. The van der Waals surface area contributed by atoms with Crippen molar-refractivity contribution in [1.82, 2.24) is 14.8 Å². The zero-order valence-electron chi connectivity index (χ0n) is 12.9. The van der Waals surface area contributed by atoms with Crippen LogP contribution in [0.2, 0.25) is 0 Å². The van der Waals surface area contributed by atoms with E-state index in [0.29, 0.717) is 12.0 Å². The topological polar surface area (TPSA) is 68.0 Å². The van der Waals surface area contributed by atoms with E-state index >= 15 is 0 Å². The highest BCUT2D eigenvalue weighted by molar-refractivity contribution is 7.99. The van der Waals surface area contributed by atoms with Crippen LogP contribution in [0.15, 0.2) is 5.16 Å². The van der Waals surface area contributed by atoms with Gasteiger partial charge in [-0.3, -0.25) is 4.79 Å². The van der Waals surface area contributed by atoms with Gasteiger partial charge in [-0.2, -0.15) is 0 Å². The molecule has 0 aromatic carbocycles. The van der Waals surface area contributed by atoms with Gasteiger partial charge in [0.1, 0.15) is 5.82 Å². The number of carbonyl (C=O) groups is 1. The van der Waals surface area contributed by atoms with Gasteiger partial charge >= 0.3 is 5.97 Å². The smallest absolute Gasteiger partial charge is 0.313 e. The third-order valence-corrected chi connectivity index (χ3v) is 5.25. The predicted octanol–water partition coefficient (Wildman–Crippen LogP) is 3.55. The second-order valence-corrected chi connectivity index (χ2v) is 6.62. The third-order valence-electron chi connectivity index (χ3n) is 4.32. The Bertz CT molecular complexity index is 469. The summed E-state index contributed by atoms with van der Waals surface area (Å²) in [4.78, 5) is 10.8. The van der Waals surface area contributed by atoms with Gasteiger partial charge in [-0.05, 0) is 25.2 Å². The van der Waals surface area contributed by atoms with Crippen LogP contribution in [0.1, 0.15) is 64.2 Å². The summed E-state index contributed by atoms with van der Waals surface area (Å²) in [5.41, 5.74) is 0. The van der Waals surface area contributed by atoms with Crippen molar-refractivity contribution in [2.24, 2.45) is 5.92 Å². The van der Waals surface area contributed by atoms with Gasteiger partial charge in [0.05, 0.1) is 5.75 Å². The second kappa shape index (κ2) is 7.82. The van der Waals surface area contributed by atoms with E-state index < -0.39 is 5.97 Å². The quantitative estimate of drug-likeness (QED) is 0.780. The highest BCUT2D eigenvalue weighted by Crippen LogP contribution is 2.37. The van der Waals surface area contributed by atoms with Crippen LogP contribution in [0.5, 0.6) is 0 Å². The summed E-state index contributed by atoms with van der Waals surface area (Å²) in [5.74, 6) is 0.899. The molecular formula is C15H25N3O2S. The fourth-order valence-electron chi connectivity index (χ4n) is 3.35. The standard InChI is InChI=1S/C15H25N3O2S/c1-3-12(11-8-6-5-7-9-11)18-13(4-2)16-17-15(18)21-10-14(19)20/h11-12H,3-10H2,1-2H3,(H,19,20). The number of aliphatic carboxylic acids is 1. The first-order valence-electron chi connectivity index (χ1n) is 7.95. The van der Waals surface area contributed by atoms with Gasteiger partial charge in [0.25, 0.3) is 0 Å². The van der Waals surface area contributed by atoms with Crippen molar-refractivity contribution in [1.29, 1.82) is 0 Å². The maximum Gasteiger partial charge on any atom is 0.313 e. The van der Waals surface area contributed by atoms with E-state index in [9.17, 15) is 4.79 Å². The molecule has 0 aliphatic heterocycles. The Kier molecular flexibility index (Phi) is 6.08. The van der Waals surface area contributed by atoms with E-state index in [1.54, 1.807) is 0 Å². The Morgan fingerprint density at radius 2 is 2.05 bits per heavy atom. The lowest BCUT2D eigenvalue weighted by atomic mass is 9.82. The molecule has 0 spiro atoms. The summed E-state index contributed by atoms with van der Waals surface area (Å²) in [7, 11) is 0. The van der Waals surface area contributed by atoms with Gasteiger partial charge in [-0.25, -0.2) is 0 Å². The van der Waals surface area contributed by atoms with Crippen molar-refractivity contribution < 1.29 is 9.90 Å². The fourth-order valence-corrected chi connectivity index (χ4v) is 4.08. The third kappa shape index (κ3) is 3.99. The molecule has 1 saturated carbocycles. The first-order chi connectivity index (χ1) is 10.2. The average Bonchev–Trinajstić information content (AvgIpc) is 2.90. The molecule has 1 aliphatic carbocycles. The monoisotopic (exact) mass is 311 g/mol. The number of carboxylic acid groups (broad SMARTS) is 1. The van der Waals surface area contributed by atoms with Gasteiger partial charge < -0.3 is 9.67 Å². The van der Waals surface area contributed by atoms with Crippen LogP contribution >= 0.6 is 11.8 Å². The first-order valence-corrected chi connectivity index (χ1v) is 8.94. The number of nitrogens with zero attached hydrogens (tertiary/aromatic N) is 3. The highest BCUT2D eigenvalue weighted by Gasteiger charge is 2.28. The maximum atomic E-state index is 10.8. The number of hydrogen-bond donors (Lipinski definition) is 1. The Balaban J connectivity index is 2.24. The lowest BCUT2D eigenvalue weighted by Crippen LogP contribution is -2.23. The summed E-state index contributed by atoms with van der Waals surface area (Å²) in [6.45, 7) is 4.30. The van der Waals surface area contributed by atoms with Gasteiger partial charge in [0.15, 0.2) is 5.16 Å². The molecule has 0 radical (unpaired) electrons. The van der Waals surface area contributed by atoms with Crippen molar-refractivity contribution in [3.63, 3.8) is 0 Å². The van der Waals surface area contributed by atoms with E-state index in [0.717, 1.165) is 23.8 Å². The molecule has 1 N–H and O–H groups in total. The zero-order chi connectivity index (χ0) is 15.2. The zero-order valence-corrected chi connectivity index (χ0v) is 13.7. The summed E-state index contributed by atoms with van der Waals surface area (Å²) >= 11 is 1.29. The highest BCUT2D eigenvalue weighted by atomic mass is 32.2. The molecule has 6 heteroatoms. The molecule has 0 saturated heterocycles. The first kappa shape index (κ1) is 16.3. The lowest BCUT2D eigenvalue weighted by Gasteiger charge is -2.32. The summed E-state index contributed by atoms with van der Waals surface area (Å²) < 4.78 is 2.23. The van der Waals surface area contributed by atoms with Gasteiger partial charge in [-0.1, -0.05) is 44.9 Å². The molecule has 0 bridgehead atoms. The molecule has 21 heavy (non-hydrogen) atoms. The van der Waals surface area contributed by atoms with Crippen LogP contribution < -0.4 is 0 Å². The molecule has 0 amide bonds. The molecule has 1 atom stereocenters. The molecule has 118 valence electrons. The van der Waals surface area contributed by atoms with Gasteiger partial charge in [-0.15, -0.1) is 10.2 Å². The van der Waals surface area contributed by atoms with Gasteiger partial charge in [0.2, 0.25) is 0 Å². The molecule has 1 heterocycles. The SMILES string of the molecule is CCc1nnc(SCC(=O)O)n1C(CC)C1CCCCC1. The second-order valence-electron chi connectivity index (χ2n) is 5.68. The largest absolute Gasteiger partial charge is 0.481 e. The maximum absolute atomic E-state index is 10.8. The van der Waals surface area contributed by atoms with Crippen LogP contribution in [0.25, 0.3) is 0 Å². The van der Waals surface area contributed by atoms with Crippen molar-refractivity contribution in [2.75, 3.05) is 5.75 Å². The lowest BCUT2D eigenvalue weighted by molar-refractivity contribution is -0.133. The molecule has 1 fully saturated rings. The van der Waals surface area contributed by atoms with E-state index in [2.05, 4.69) is 28.6 Å². The molecule has 1 aliphatic rings. The average molecular weight is 311 g/mol. The van der Waals surface area contributed by atoms with E-state index in [1.807, 2.05) is 0 Å². The molecule has 2 rings (SSSR count).